The van der Waals surface area contributed by atoms with Crippen LogP contribution in [-0.4, -0.2) is 43.4 Å². The van der Waals surface area contributed by atoms with Gasteiger partial charge in [0.2, 0.25) is 0 Å². The molecule has 35 heavy (non-hydrogen) atoms. The number of halogens is 1. The fraction of sp³-hybridized carbons (Fsp3) is 0.310. The molecule has 3 aromatic carbocycles. The van der Waals surface area contributed by atoms with Crippen LogP contribution in [0, 0.1) is 5.82 Å². The highest BCUT2D eigenvalue weighted by Crippen LogP contribution is 2.26. The summed E-state index contributed by atoms with van der Waals surface area (Å²) < 4.78 is 25.8. The Bertz CT molecular complexity index is 1130. The maximum atomic E-state index is 14.7. The molecule has 1 aliphatic heterocycles. The van der Waals surface area contributed by atoms with Gasteiger partial charge in [0.1, 0.15) is 18.1 Å². The van der Waals surface area contributed by atoms with Crippen molar-refractivity contribution in [1.29, 1.82) is 0 Å². The van der Waals surface area contributed by atoms with Gasteiger partial charge in [0.05, 0.1) is 7.11 Å². The van der Waals surface area contributed by atoms with Crippen molar-refractivity contribution in [3.05, 3.63) is 83.2 Å². The second-order valence-electron chi connectivity index (χ2n) is 8.75. The van der Waals surface area contributed by atoms with Crippen molar-refractivity contribution in [3.63, 3.8) is 0 Å². The molecule has 1 saturated heterocycles. The van der Waals surface area contributed by atoms with Crippen molar-refractivity contribution in [2.24, 2.45) is 0 Å². The predicted octanol–water partition coefficient (Wildman–Crippen LogP) is 6.19. The number of anilines is 1. The van der Waals surface area contributed by atoms with Crippen molar-refractivity contribution in [3.8, 4) is 17.2 Å². The van der Waals surface area contributed by atoms with E-state index in [4.69, 9.17) is 9.47 Å². The summed E-state index contributed by atoms with van der Waals surface area (Å²) in [5.41, 5.74) is 3.64. The maximum Gasteiger partial charge on any atom is 0.165 e. The minimum Gasteiger partial charge on any atom is -0.508 e. The lowest BCUT2D eigenvalue weighted by atomic mass is 10.1. The summed E-state index contributed by atoms with van der Waals surface area (Å²) in [5, 5.41) is 12.9. The number of phenols is 1. The molecule has 0 aliphatic carbocycles. The number of nitrogens with zero attached hydrogens (tertiary/aromatic N) is 1. The van der Waals surface area contributed by atoms with Crippen LogP contribution < -0.4 is 14.8 Å². The number of aromatic hydroxyl groups is 1. The van der Waals surface area contributed by atoms with Crippen molar-refractivity contribution in [2.45, 2.75) is 25.8 Å². The van der Waals surface area contributed by atoms with Gasteiger partial charge in [-0.25, -0.2) is 4.39 Å². The molecule has 0 unspecified atom stereocenters. The van der Waals surface area contributed by atoms with E-state index in [1.54, 1.807) is 25.3 Å². The number of nitrogens with one attached hydrogen (secondary N) is 1. The van der Waals surface area contributed by atoms with Crippen LogP contribution in [0.4, 0.5) is 10.1 Å². The van der Waals surface area contributed by atoms with E-state index in [1.165, 1.54) is 25.3 Å². The van der Waals surface area contributed by atoms with Gasteiger partial charge in [-0.3, -0.25) is 4.90 Å². The lowest BCUT2D eigenvalue weighted by Gasteiger charge is -2.26. The van der Waals surface area contributed by atoms with Crippen LogP contribution in [0.25, 0.3) is 12.2 Å². The fourth-order valence-electron chi connectivity index (χ4n) is 4.17. The second kappa shape index (κ2) is 12.3. The van der Waals surface area contributed by atoms with Gasteiger partial charge in [-0.15, -0.1) is 0 Å². The van der Waals surface area contributed by atoms with Gasteiger partial charge in [-0.1, -0.05) is 36.8 Å². The van der Waals surface area contributed by atoms with Gasteiger partial charge in [0, 0.05) is 24.8 Å². The lowest BCUT2D eigenvalue weighted by molar-refractivity contribution is 0.180. The molecule has 1 heterocycles. The number of benzene rings is 3. The molecule has 0 atom stereocenters. The Kier molecular flexibility index (Phi) is 8.63. The fourth-order valence-corrected chi connectivity index (χ4v) is 4.17. The Morgan fingerprint density at radius 2 is 1.77 bits per heavy atom. The molecule has 0 bridgehead atoms. The third kappa shape index (κ3) is 7.23. The Hall–Kier alpha value is -3.51. The minimum absolute atomic E-state index is 0.236. The van der Waals surface area contributed by atoms with Crippen LogP contribution in [0.5, 0.6) is 17.2 Å². The van der Waals surface area contributed by atoms with Crippen molar-refractivity contribution < 1.29 is 19.0 Å². The van der Waals surface area contributed by atoms with E-state index in [0.29, 0.717) is 18.9 Å². The molecular formula is C29H33FN2O3. The molecular weight excluding hydrogens is 443 g/mol. The van der Waals surface area contributed by atoms with Crippen LogP contribution in [-0.2, 0) is 6.54 Å². The molecule has 3 aromatic rings. The first-order valence-corrected chi connectivity index (χ1v) is 12.1. The first-order valence-electron chi connectivity index (χ1n) is 12.1. The molecule has 1 fully saturated rings. The van der Waals surface area contributed by atoms with Gasteiger partial charge in [-0.2, -0.15) is 0 Å². The highest BCUT2D eigenvalue weighted by Gasteiger charge is 2.11. The molecule has 0 amide bonds. The number of ether oxygens (including phenoxy) is 2. The molecule has 0 radical (unpaired) electrons. The number of likely N-dealkylation sites (tertiary alicyclic amines) is 1. The van der Waals surface area contributed by atoms with Crippen LogP contribution in [0.2, 0.25) is 0 Å². The van der Waals surface area contributed by atoms with Gasteiger partial charge in [0.15, 0.2) is 11.6 Å². The Balaban J connectivity index is 1.37. The lowest BCUT2D eigenvalue weighted by Crippen LogP contribution is -2.33. The minimum atomic E-state index is -0.346. The third-order valence-electron chi connectivity index (χ3n) is 6.20. The summed E-state index contributed by atoms with van der Waals surface area (Å²) >= 11 is 0. The van der Waals surface area contributed by atoms with E-state index >= 15 is 0 Å². The summed E-state index contributed by atoms with van der Waals surface area (Å²) in [6.07, 6.45) is 7.74. The van der Waals surface area contributed by atoms with E-state index < -0.39 is 0 Å². The average molecular weight is 477 g/mol. The standard InChI is InChI=1S/C29H33FN2O3/c1-34-26-13-10-24(9-5-22-6-11-25(33)12-7-22)28(20-26)31-21-23-8-14-29(27(30)19-23)35-18-17-32-15-3-2-4-16-32/h5-14,19-20,31,33H,2-4,15-18,21H2,1H3. The van der Waals surface area contributed by atoms with Crippen molar-refractivity contribution in [1.82, 2.24) is 4.90 Å². The smallest absolute Gasteiger partial charge is 0.165 e. The Labute approximate surface area is 206 Å². The van der Waals surface area contributed by atoms with Crippen LogP contribution >= 0.6 is 0 Å². The molecule has 4 rings (SSSR count). The van der Waals surface area contributed by atoms with Gasteiger partial charge in [-0.05, 0) is 79.0 Å². The van der Waals surface area contributed by atoms with Crippen molar-refractivity contribution >= 4 is 17.8 Å². The number of methoxy groups -OCH3 is 1. The first-order chi connectivity index (χ1) is 17.1. The van der Waals surface area contributed by atoms with E-state index in [0.717, 1.165) is 47.8 Å². The molecule has 0 aromatic heterocycles. The van der Waals surface area contributed by atoms with E-state index in [1.807, 2.05) is 48.6 Å². The number of hydrogen-bond donors (Lipinski definition) is 2. The largest absolute Gasteiger partial charge is 0.508 e. The summed E-state index contributed by atoms with van der Waals surface area (Å²) in [6, 6.07) is 17.9. The Morgan fingerprint density at radius 1 is 0.971 bits per heavy atom. The predicted molar refractivity (Wildman–Crippen MR) is 140 cm³/mol. The molecule has 2 N–H and O–H groups in total. The Morgan fingerprint density at radius 3 is 2.51 bits per heavy atom. The molecule has 5 nitrogen and oxygen atoms in total. The first kappa shape index (κ1) is 24.6. The average Bonchev–Trinajstić information content (AvgIpc) is 2.89. The van der Waals surface area contributed by atoms with E-state index in [2.05, 4.69) is 10.2 Å². The zero-order chi connectivity index (χ0) is 24.5. The number of phenolic OH excluding ortho intramolecular Hbond substituents is 1. The maximum absolute atomic E-state index is 14.7. The number of piperidine rings is 1. The summed E-state index contributed by atoms with van der Waals surface area (Å²) in [6.45, 7) is 3.99. The van der Waals surface area contributed by atoms with Crippen molar-refractivity contribution in [2.75, 3.05) is 38.7 Å². The van der Waals surface area contributed by atoms with Gasteiger partial charge < -0.3 is 19.9 Å². The highest BCUT2D eigenvalue weighted by atomic mass is 19.1. The summed E-state index contributed by atoms with van der Waals surface area (Å²) in [5.74, 6) is 0.920. The monoisotopic (exact) mass is 476 g/mol. The normalized spacial score (nSPS) is 14.2. The third-order valence-corrected chi connectivity index (χ3v) is 6.20. The summed E-state index contributed by atoms with van der Waals surface area (Å²) in [4.78, 5) is 2.38. The number of hydrogen-bond acceptors (Lipinski definition) is 5. The molecule has 0 saturated carbocycles. The van der Waals surface area contributed by atoms with Crippen LogP contribution in [0.15, 0.2) is 60.7 Å². The topological polar surface area (TPSA) is 54.0 Å². The zero-order valence-corrected chi connectivity index (χ0v) is 20.2. The highest BCUT2D eigenvalue weighted by molar-refractivity contribution is 5.77. The SMILES string of the molecule is COc1ccc(C=Cc2ccc(O)cc2)c(NCc2ccc(OCCN3CCCCC3)c(F)c2)c1. The summed E-state index contributed by atoms with van der Waals surface area (Å²) in [7, 11) is 1.63. The van der Waals surface area contributed by atoms with Gasteiger partial charge >= 0.3 is 0 Å². The molecule has 0 spiro atoms. The molecule has 6 heteroatoms. The molecule has 184 valence electrons. The zero-order valence-electron chi connectivity index (χ0n) is 20.2. The van der Waals surface area contributed by atoms with E-state index in [-0.39, 0.29) is 11.6 Å². The van der Waals surface area contributed by atoms with Crippen LogP contribution in [0.3, 0.4) is 0 Å². The second-order valence-corrected chi connectivity index (χ2v) is 8.75. The van der Waals surface area contributed by atoms with E-state index in [9.17, 15) is 9.50 Å². The molecule has 1 aliphatic rings. The van der Waals surface area contributed by atoms with Gasteiger partial charge in [0.25, 0.3) is 0 Å². The quantitative estimate of drug-likeness (QED) is 0.342. The van der Waals surface area contributed by atoms with Crippen LogP contribution in [0.1, 0.15) is 36.0 Å². The number of rotatable bonds is 10.